The molecule has 7 heteroatoms. The average Bonchev–Trinajstić information content (AvgIpc) is 2.65. The largest absolute Gasteiger partial charge is 0.426 e. The zero-order valence-electron chi connectivity index (χ0n) is 15.3. The third kappa shape index (κ3) is 4.53. The van der Waals surface area contributed by atoms with E-state index in [1.807, 2.05) is 0 Å². The molecule has 6 nitrogen and oxygen atoms in total. The maximum atomic E-state index is 12.4. The summed E-state index contributed by atoms with van der Waals surface area (Å²) in [7, 11) is 0. The van der Waals surface area contributed by atoms with E-state index >= 15 is 0 Å². The van der Waals surface area contributed by atoms with Crippen LogP contribution in [0.2, 0.25) is 5.02 Å². The Hall–Kier alpha value is -3.25. The number of benzene rings is 2. The van der Waals surface area contributed by atoms with Crippen molar-refractivity contribution in [2.45, 2.75) is 20.3 Å². The molecule has 142 valence electrons. The maximum Gasteiger partial charge on any atom is 0.345 e. The highest BCUT2D eigenvalue weighted by Gasteiger charge is 2.14. The maximum absolute atomic E-state index is 12.4. The molecule has 1 aromatic heterocycles. The SMILES string of the molecule is Cc1nc(=O)[nH]c(C)c1CC(=O)Oc1ccc(C(=O)c2ccc(Cl)cc2)cc1. The fraction of sp³-hybridized carbons (Fsp3) is 0.143. The van der Waals surface area contributed by atoms with Crippen molar-refractivity contribution < 1.29 is 14.3 Å². The lowest BCUT2D eigenvalue weighted by molar-refractivity contribution is -0.133. The van der Waals surface area contributed by atoms with E-state index < -0.39 is 11.7 Å². The first-order chi connectivity index (χ1) is 13.3. The summed E-state index contributed by atoms with van der Waals surface area (Å²) in [6.07, 6.45) is -0.0209. The molecule has 0 saturated carbocycles. The summed E-state index contributed by atoms with van der Waals surface area (Å²) in [4.78, 5) is 42.4. The van der Waals surface area contributed by atoms with Gasteiger partial charge in [-0.2, -0.15) is 4.98 Å². The predicted octanol–water partition coefficient (Wildman–Crippen LogP) is 3.42. The summed E-state index contributed by atoms with van der Waals surface area (Å²) in [5, 5.41) is 0.557. The predicted molar refractivity (Wildman–Crippen MR) is 105 cm³/mol. The van der Waals surface area contributed by atoms with Crippen LogP contribution in [0, 0.1) is 13.8 Å². The Morgan fingerprint density at radius 2 is 1.57 bits per heavy atom. The number of rotatable bonds is 5. The fourth-order valence-corrected chi connectivity index (χ4v) is 2.90. The van der Waals surface area contributed by atoms with Crippen molar-refractivity contribution in [1.29, 1.82) is 0 Å². The highest BCUT2D eigenvalue weighted by atomic mass is 35.5. The molecule has 3 aromatic rings. The molecular weight excluding hydrogens is 380 g/mol. The highest BCUT2D eigenvalue weighted by Crippen LogP contribution is 2.18. The number of aromatic nitrogens is 2. The molecule has 0 radical (unpaired) electrons. The van der Waals surface area contributed by atoms with Gasteiger partial charge in [-0.15, -0.1) is 0 Å². The van der Waals surface area contributed by atoms with Gasteiger partial charge in [-0.25, -0.2) is 4.79 Å². The number of ketones is 1. The second-order valence-corrected chi connectivity index (χ2v) is 6.68. The number of aromatic amines is 1. The van der Waals surface area contributed by atoms with Crippen molar-refractivity contribution in [2.75, 3.05) is 0 Å². The Kier molecular flexibility index (Phi) is 5.70. The van der Waals surface area contributed by atoms with Gasteiger partial charge in [0, 0.05) is 33.1 Å². The molecule has 0 amide bonds. The molecule has 0 bridgehead atoms. The van der Waals surface area contributed by atoms with Crippen LogP contribution in [0.3, 0.4) is 0 Å². The van der Waals surface area contributed by atoms with E-state index in [9.17, 15) is 14.4 Å². The van der Waals surface area contributed by atoms with Crippen LogP contribution in [0.1, 0.15) is 32.9 Å². The van der Waals surface area contributed by atoms with E-state index in [-0.39, 0.29) is 12.2 Å². The van der Waals surface area contributed by atoms with Gasteiger partial charge in [0.1, 0.15) is 5.75 Å². The number of H-pyrrole nitrogens is 1. The summed E-state index contributed by atoms with van der Waals surface area (Å²) >= 11 is 5.84. The quantitative estimate of drug-likeness (QED) is 0.405. The average molecular weight is 397 g/mol. The molecule has 0 aliphatic heterocycles. The molecule has 2 aromatic carbocycles. The molecule has 1 heterocycles. The second-order valence-electron chi connectivity index (χ2n) is 6.24. The Morgan fingerprint density at radius 3 is 2.14 bits per heavy atom. The van der Waals surface area contributed by atoms with Crippen molar-refractivity contribution in [3.8, 4) is 5.75 Å². The van der Waals surface area contributed by atoms with E-state index in [1.165, 1.54) is 0 Å². The summed E-state index contributed by atoms with van der Waals surface area (Å²) in [5.74, 6) is -0.317. The van der Waals surface area contributed by atoms with Gasteiger partial charge < -0.3 is 9.72 Å². The van der Waals surface area contributed by atoms with Gasteiger partial charge in [0.15, 0.2) is 5.78 Å². The lowest BCUT2D eigenvalue weighted by Gasteiger charge is -2.09. The smallest absolute Gasteiger partial charge is 0.345 e. The lowest BCUT2D eigenvalue weighted by atomic mass is 10.0. The Balaban J connectivity index is 1.69. The number of nitrogens with one attached hydrogen (secondary N) is 1. The van der Waals surface area contributed by atoms with Gasteiger partial charge in [-0.3, -0.25) is 9.59 Å². The van der Waals surface area contributed by atoms with E-state index in [0.717, 1.165) is 0 Å². The number of esters is 1. The van der Waals surface area contributed by atoms with E-state index in [0.29, 0.717) is 38.9 Å². The highest BCUT2D eigenvalue weighted by molar-refractivity contribution is 6.30. The van der Waals surface area contributed by atoms with Crippen LogP contribution < -0.4 is 10.4 Å². The number of nitrogens with zero attached hydrogens (tertiary/aromatic N) is 1. The molecule has 0 saturated heterocycles. The minimum absolute atomic E-state index is 0.0209. The van der Waals surface area contributed by atoms with Crippen LogP contribution in [0.5, 0.6) is 5.75 Å². The molecule has 0 aliphatic carbocycles. The Bertz CT molecular complexity index is 1060. The molecule has 28 heavy (non-hydrogen) atoms. The lowest BCUT2D eigenvalue weighted by Crippen LogP contribution is -2.20. The molecule has 0 aliphatic rings. The summed E-state index contributed by atoms with van der Waals surface area (Å²) < 4.78 is 5.33. The first-order valence-corrected chi connectivity index (χ1v) is 8.88. The molecule has 0 fully saturated rings. The number of aryl methyl sites for hydroxylation is 2. The fourth-order valence-electron chi connectivity index (χ4n) is 2.77. The van der Waals surface area contributed by atoms with Crippen LogP contribution in [0.4, 0.5) is 0 Å². The second kappa shape index (κ2) is 8.19. The van der Waals surface area contributed by atoms with Crippen LogP contribution in [-0.4, -0.2) is 21.7 Å². The number of carbonyl (C=O) groups excluding carboxylic acids is 2. The van der Waals surface area contributed by atoms with Crippen molar-refractivity contribution in [2.24, 2.45) is 0 Å². The van der Waals surface area contributed by atoms with E-state index in [4.69, 9.17) is 16.3 Å². The van der Waals surface area contributed by atoms with Crippen molar-refractivity contribution in [1.82, 2.24) is 9.97 Å². The monoisotopic (exact) mass is 396 g/mol. The third-order valence-corrected chi connectivity index (χ3v) is 4.48. The normalized spacial score (nSPS) is 10.5. The van der Waals surface area contributed by atoms with Gasteiger partial charge in [-0.1, -0.05) is 11.6 Å². The third-order valence-electron chi connectivity index (χ3n) is 4.23. The van der Waals surface area contributed by atoms with Crippen LogP contribution in [-0.2, 0) is 11.2 Å². The van der Waals surface area contributed by atoms with Crippen LogP contribution in [0.25, 0.3) is 0 Å². The molecule has 1 N–H and O–H groups in total. The number of hydrogen-bond donors (Lipinski definition) is 1. The van der Waals surface area contributed by atoms with Gasteiger partial charge in [-0.05, 0) is 62.4 Å². The van der Waals surface area contributed by atoms with Gasteiger partial charge in [0.25, 0.3) is 0 Å². The van der Waals surface area contributed by atoms with E-state index in [2.05, 4.69) is 9.97 Å². The van der Waals surface area contributed by atoms with E-state index in [1.54, 1.807) is 62.4 Å². The van der Waals surface area contributed by atoms with Crippen molar-refractivity contribution >= 4 is 23.4 Å². The summed E-state index contributed by atoms with van der Waals surface area (Å²) in [5.41, 5.74) is 2.23. The minimum Gasteiger partial charge on any atom is -0.426 e. The molecule has 0 spiro atoms. The number of carbonyl (C=O) groups is 2. The molecule has 0 atom stereocenters. The molecule has 3 rings (SSSR count). The first-order valence-electron chi connectivity index (χ1n) is 8.51. The minimum atomic E-state index is -0.489. The van der Waals surface area contributed by atoms with Crippen LogP contribution in [0.15, 0.2) is 53.3 Å². The number of ether oxygens (including phenoxy) is 1. The zero-order chi connectivity index (χ0) is 20.3. The summed E-state index contributed by atoms with van der Waals surface area (Å²) in [6.45, 7) is 3.37. The Morgan fingerprint density at radius 1 is 1.00 bits per heavy atom. The van der Waals surface area contributed by atoms with Gasteiger partial charge in [0.05, 0.1) is 6.42 Å². The van der Waals surface area contributed by atoms with Crippen molar-refractivity contribution in [3.05, 3.63) is 92.1 Å². The zero-order valence-corrected chi connectivity index (χ0v) is 16.0. The van der Waals surface area contributed by atoms with Gasteiger partial charge in [0.2, 0.25) is 0 Å². The Labute approximate surface area is 166 Å². The standard InChI is InChI=1S/C21H17ClN2O4/c1-12-18(13(2)24-21(27)23-12)11-19(25)28-17-9-5-15(6-10-17)20(26)14-3-7-16(22)8-4-14/h3-10H,11H2,1-2H3,(H,23,24,27). The topological polar surface area (TPSA) is 89.1 Å². The number of halogens is 1. The van der Waals surface area contributed by atoms with Crippen LogP contribution >= 0.6 is 11.6 Å². The van der Waals surface area contributed by atoms with Gasteiger partial charge >= 0.3 is 11.7 Å². The summed E-state index contributed by atoms with van der Waals surface area (Å²) in [6, 6.07) is 12.9. The van der Waals surface area contributed by atoms with Crippen molar-refractivity contribution in [3.63, 3.8) is 0 Å². The number of hydrogen-bond acceptors (Lipinski definition) is 5. The molecular formula is C21H17ClN2O4. The first kappa shape index (κ1) is 19.5. The molecule has 0 unspecified atom stereocenters.